The maximum Gasteiger partial charge on any atom is 0.223 e. The number of sulfone groups is 1. The molecule has 0 aliphatic carbocycles. The van der Waals surface area contributed by atoms with Gasteiger partial charge >= 0.3 is 0 Å². The number of ether oxygens (including phenoxy) is 1. The molecule has 0 unspecified atom stereocenters. The molecule has 22 heavy (non-hydrogen) atoms. The molecule has 1 aromatic carbocycles. The zero-order chi connectivity index (χ0) is 16.0. The number of aromatic nitrogens is 2. The lowest BCUT2D eigenvalue weighted by Crippen LogP contribution is -2.21. The van der Waals surface area contributed by atoms with Crippen molar-refractivity contribution >= 4 is 9.84 Å². The largest absolute Gasteiger partial charge is 0.485 e. The quantitative estimate of drug-likeness (QED) is 0.726. The van der Waals surface area contributed by atoms with Gasteiger partial charge in [-0.1, -0.05) is 17.3 Å². The fraction of sp³-hybridized carbons (Fsp3) is 0.429. The standard InChI is InChI=1S/C14H19N3O4S/c1-11-16-14(17-21-11)10-20-13-5-3-12(4-6-13)9-15-7-8-22(2,18)19/h3-6,15H,7-10H2,1-2H3. The third kappa shape index (κ3) is 5.82. The van der Waals surface area contributed by atoms with Gasteiger partial charge in [0.2, 0.25) is 11.7 Å². The minimum Gasteiger partial charge on any atom is -0.485 e. The van der Waals surface area contributed by atoms with Gasteiger partial charge in [0.05, 0.1) is 5.75 Å². The fourth-order valence-electron chi connectivity index (χ4n) is 1.74. The molecule has 2 aromatic rings. The Bertz CT molecular complexity index is 695. The third-order valence-corrected chi connectivity index (χ3v) is 3.79. The molecule has 7 nitrogen and oxygen atoms in total. The van der Waals surface area contributed by atoms with Gasteiger partial charge in [-0.05, 0) is 17.7 Å². The lowest BCUT2D eigenvalue weighted by atomic mass is 10.2. The number of hydrogen-bond acceptors (Lipinski definition) is 7. The van der Waals surface area contributed by atoms with Crippen LogP contribution >= 0.6 is 0 Å². The Hall–Kier alpha value is -1.93. The molecular weight excluding hydrogens is 306 g/mol. The van der Waals surface area contributed by atoms with Crippen molar-refractivity contribution in [3.8, 4) is 5.75 Å². The number of rotatable bonds is 8. The summed E-state index contributed by atoms with van der Waals surface area (Å²) in [6, 6.07) is 7.54. The van der Waals surface area contributed by atoms with E-state index in [1.807, 2.05) is 24.3 Å². The first-order valence-electron chi connectivity index (χ1n) is 6.82. The van der Waals surface area contributed by atoms with Crippen LogP contribution in [-0.2, 0) is 23.0 Å². The van der Waals surface area contributed by atoms with Crippen LogP contribution in [-0.4, -0.2) is 37.1 Å². The molecule has 1 aromatic heterocycles. The van der Waals surface area contributed by atoms with Crippen molar-refractivity contribution in [1.82, 2.24) is 15.5 Å². The van der Waals surface area contributed by atoms with E-state index in [1.54, 1.807) is 6.92 Å². The molecule has 0 bridgehead atoms. The molecule has 0 aliphatic rings. The molecule has 0 atom stereocenters. The van der Waals surface area contributed by atoms with Gasteiger partial charge in [-0.15, -0.1) is 0 Å². The van der Waals surface area contributed by atoms with Crippen LogP contribution in [0.15, 0.2) is 28.8 Å². The van der Waals surface area contributed by atoms with E-state index in [2.05, 4.69) is 15.5 Å². The van der Waals surface area contributed by atoms with Gasteiger partial charge < -0.3 is 14.6 Å². The summed E-state index contributed by atoms with van der Waals surface area (Å²) in [4.78, 5) is 4.05. The second kappa shape index (κ2) is 7.37. The van der Waals surface area contributed by atoms with Crippen molar-refractivity contribution in [2.45, 2.75) is 20.1 Å². The van der Waals surface area contributed by atoms with E-state index in [9.17, 15) is 8.42 Å². The van der Waals surface area contributed by atoms with Gasteiger partial charge in [0.15, 0.2) is 6.61 Å². The number of hydrogen-bond donors (Lipinski definition) is 1. The molecule has 0 amide bonds. The maximum atomic E-state index is 11.0. The Balaban J connectivity index is 1.75. The first kappa shape index (κ1) is 16.4. The Morgan fingerprint density at radius 1 is 1.27 bits per heavy atom. The van der Waals surface area contributed by atoms with E-state index in [-0.39, 0.29) is 12.4 Å². The Morgan fingerprint density at radius 3 is 2.59 bits per heavy atom. The lowest BCUT2D eigenvalue weighted by Gasteiger charge is -2.06. The minimum absolute atomic E-state index is 0.137. The highest BCUT2D eigenvalue weighted by atomic mass is 32.2. The summed E-state index contributed by atoms with van der Waals surface area (Å²) < 4.78 is 32.4. The van der Waals surface area contributed by atoms with E-state index >= 15 is 0 Å². The van der Waals surface area contributed by atoms with Crippen LogP contribution in [0.4, 0.5) is 0 Å². The van der Waals surface area contributed by atoms with E-state index < -0.39 is 9.84 Å². The molecule has 8 heteroatoms. The van der Waals surface area contributed by atoms with Crippen LogP contribution in [0.1, 0.15) is 17.3 Å². The van der Waals surface area contributed by atoms with Crippen LogP contribution < -0.4 is 10.1 Å². The van der Waals surface area contributed by atoms with Crippen molar-refractivity contribution in [2.75, 3.05) is 18.6 Å². The van der Waals surface area contributed by atoms with Crippen LogP contribution in [0, 0.1) is 6.92 Å². The van der Waals surface area contributed by atoms with Gasteiger partial charge in [-0.3, -0.25) is 0 Å². The number of aryl methyl sites for hydroxylation is 1. The minimum atomic E-state index is -2.92. The highest BCUT2D eigenvalue weighted by Gasteiger charge is 2.04. The van der Waals surface area contributed by atoms with E-state index in [0.717, 1.165) is 5.56 Å². The zero-order valence-corrected chi connectivity index (χ0v) is 13.4. The summed E-state index contributed by atoms with van der Waals surface area (Å²) in [5.41, 5.74) is 1.05. The average molecular weight is 325 g/mol. The van der Waals surface area contributed by atoms with Gasteiger partial charge in [-0.2, -0.15) is 4.98 Å². The van der Waals surface area contributed by atoms with Crippen LogP contribution in [0.3, 0.4) is 0 Å². The van der Waals surface area contributed by atoms with Gasteiger partial charge in [0, 0.05) is 26.3 Å². The van der Waals surface area contributed by atoms with Gasteiger partial charge in [0.1, 0.15) is 15.6 Å². The van der Waals surface area contributed by atoms with Crippen molar-refractivity contribution in [3.63, 3.8) is 0 Å². The number of nitrogens with one attached hydrogen (secondary N) is 1. The van der Waals surface area contributed by atoms with Crippen molar-refractivity contribution in [2.24, 2.45) is 0 Å². The summed E-state index contributed by atoms with van der Waals surface area (Å²) in [6.07, 6.45) is 1.23. The van der Waals surface area contributed by atoms with E-state index in [0.29, 0.717) is 30.6 Å². The van der Waals surface area contributed by atoms with E-state index in [1.165, 1.54) is 6.26 Å². The van der Waals surface area contributed by atoms with E-state index in [4.69, 9.17) is 9.26 Å². The molecule has 1 N–H and O–H groups in total. The molecule has 0 spiro atoms. The maximum absolute atomic E-state index is 11.0. The zero-order valence-electron chi connectivity index (χ0n) is 12.6. The second-order valence-corrected chi connectivity index (χ2v) is 7.23. The molecule has 2 rings (SSSR count). The molecular formula is C14H19N3O4S. The van der Waals surface area contributed by atoms with Gasteiger partial charge in [0.25, 0.3) is 0 Å². The smallest absolute Gasteiger partial charge is 0.223 e. The van der Waals surface area contributed by atoms with Gasteiger partial charge in [-0.25, -0.2) is 8.42 Å². The van der Waals surface area contributed by atoms with Crippen LogP contribution in [0.2, 0.25) is 0 Å². The first-order valence-corrected chi connectivity index (χ1v) is 8.88. The summed E-state index contributed by atoms with van der Waals surface area (Å²) in [6.45, 7) is 3.03. The number of nitrogens with zero attached hydrogens (tertiary/aromatic N) is 2. The Labute approximate surface area is 129 Å². The molecule has 0 radical (unpaired) electrons. The molecule has 0 saturated carbocycles. The highest BCUT2D eigenvalue weighted by Crippen LogP contribution is 2.13. The fourth-order valence-corrected chi connectivity index (χ4v) is 2.26. The summed E-state index contributed by atoms with van der Waals surface area (Å²) >= 11 is 0. The highest BCUT2D eigenvalue weighted by molar-refractivity contribution is 7.90. The SMILES string of the molecule is Cc1nc(COc2ccc(CNCCS(C)(=O)=O)cc2)no1. The molecule has 120 valence electrons. The van der Waals surface area contributed by atoms with Crippen LogP contribution in [0.25, 0.3) is 0 Å². The van der Waals surface area contributed by atoms with Crippen molar-refractivity contribution < 1.29 is 17.7 Å². The molecule has 0 saturated heterocycles. The van der Waals surface area contributed by atoms with Crippen molar-refractivity contribution in [1.29, 1.82) is 0 Å². The normalized spacial score (nSPS) is 11.5. The summed E-state index contributed by atoms with van der Waals surface area (Å²) in [7, 11) is -2.92. The predicted octanol–water partition coefficient (Wildman–Crippen LogP) is 1.09. The summed E-state index contributed by atoms with van der Waals surface area (Å²) in [5.74, 6) is 1.86. The van der Waals surface area contributed by atoms with Crippen LogP contribution in [0.5, 0.6) is 5.75 Å². The van der Waals surface area contributed by atoms with Crippen molar-refractivity contribution in [3.05, 3.63) is 41.5 Å². The third-order valence-electron chi connectivity index (χ3n) is 2.84. The predicted molar refractivity (Wildman–Crippen MR) is 81.2 cm³/mol. The molecule has 1 heterocycles. The molecule has 0 aliphatic heterocycles. The second-order valence-electron chi connectivity index (χ2n) is 4.97. The first-order chi connectivity index (χ1) is 10.4. The summed E-state index contributed by atoms with van der Waals surface area (Å²) in [5, 5.41) is 6.83. The Morgan fingerprint density at radius 2 is 2.00 bits per heavy atom. The Kier molecular flexibility index (Phi) is 5.51. The topological polar surface area (TPSA) is 94.3 Å². The monoisotopic (exact) mass is 325 g/mol. The number of benzene rings is 1. The lowest BCUT2D eigenvalue weighted by molar-refractivity contribution is 0.285. The average Bonchev–Trinajstić information content (AvgIpc) is 2.87. The molecule has 0 fully saturated rings.